The van der Waals surface area contributed by atoms with E-state index in [1.807, 2.05) is 0 Å². The van der Waals surface area contributed by atoms with E-state index in [2.05, 4.69) is 54.5 Å². The molecule has 0 aromatic heterocycles. The van der Waals surface area contributed by atoms with Crippen LogP contribution >= 0.6 is 0 Å². The number of allylic oxidation sites excluding steroid dienone is 2. The Balaban J connectivity index is 0.696. The van der Waals surface area contributed by atoms with Gasteiger partial charge in [-0.2, -0.15) is 0 Å². The number of carbonyl (C=O) groups excluding carboxylic acids is 1. The van der Waals surface area contributed by atoms with Gasteiger partial charge < -0.3 is 163 Å². The molecule has 598 valence electrons. The minimum absolute atomic E-state index is 0.0702. The molecule has 34 heteroatoms. The summed E-state index contributed by atoms with van der Waals surface area (Å²) in [5, 5.41) is 207. The second kappa shape index (κ2) is 30.8. The Hall–Kier alpha value is -2.07. The first-order valence-electron chi connectivity index (χ1n) is 36.9. The standard InChI is InChI=1S/C70H114O34/c1-26-38(74)44(80)49(85)59(94-26)101-54-32(22-72)97-57(52(88)47(54)83)92-24-33-42(78)46(82)51(87)61(99-33)104-64(90)70-18-16-65(3,4)20-29(70)28-10-11-36-67(7)14-13-37(66(5,6)35(67)12-15-69(36,9)68(28,8)17-19-70)100-63-56(40(76)30(73)23-91-63)103-62-53(89)55(39(75)27(2)95-62)102-58-48(84)43(79)34(25-93-58)98-60-50(86)45(81)41(77)31(21-71)96-60/h10,26-27,29-63,71-89H,11-25H2,1-9H3/t26-,27-,29?,30-,31+,32+,33+,34+,35-,36+,37-,38-,39-,40-,41+,42+,43+,44+,45-,46-,47+,48+,49+,50+,51+,52+,53+,54+,55+,56+,57+,58-,59-,60-,61-,62-,63-,67-,68+,69+,70-/m0/s1. The van der Waals surface area contributed by atoms with Crippen LogP contribution in [0.5, 0.6) is 0 Å². The third kappa shape index (κ3) is 14.3. The van der Waals surface area contributed by atoms with Gasteiger partial charge in [-0.25, -0.2) is 0 Å². The molecule has 0 spiro atoms. The van der Waals surface area contributed by atoms with Crippen molar-refractivity contribution in [3.05, 3.63) is 11.6 Å². The first-order valence-corrected chi connectivity index (χ1v) is 36.9. The summed E-state index contributed by atoms with van der Waals surface area (Å²) in [5.74, 6) is -0.720. The van der Waals surface area contributed by atoms with Crippen LogP contribution in [0, 0.1) is 50.2 Å². The maximum absolute atomic E-state index is 15.4. The molecular formula is C70H114O34. The quantitative estimate of drug-likeness (QED) is 0.0368. The molecule has 7 aliphatic heterocycles. The van der Waals surface area contributed by atoms with Crippen LogP contribution in [0.2, 0.25) is 0 Å². The Labute approximate surface area is 602 Å². The SMILES string of the molecule is C[C@@H]1O[C@@H](O[C@H]2[C@H](O)[C@@H](O)[C@H](OC[C@H]3O[C@@H](OC(=O)[C@]45CCC(C)(C)CC4C4=CC[C@@H]6[C@@]7(C)CC[C@H](O[C@@H]8OC[C@H](O)[C@H](O)[C@H]8O[C@@H]8O[C@@H](C)[C@H](O)[C@@H](O[C@@H]9OC[C@@H](O[C@@H]%10O[C@H](CO)[C@@H](O)[C@H](O)[C@H]%10O)[C@@H](O)[C@H]9O)[C@H]8O)C(C)(C)[C@@H]7CC[C@@]6(C)[C@]4(C)CC5)[C@H](O)[C@@H](O)[C@@H]3O)O[C@@H]2CO)[C@H](O)[C@H](O)[C@H]1O. The molecule has 41 atom stereocenters. The van der Waals surface area contributed by atoms with Gasteiger partial charge in [-0.15, -0.1) is 0 Å². The number of hydrogen-bond acceptors (Lipinski definition) is 34. The first-order chi connectivity index (χ1) is 48.8. The van der Waals surface area contributed by atoms with Crippen LogP contribution in [0.4, 0.5) is 0 Å². The van der Waals surface area contributed by atoms with Gasteiger partial charge in [0.2, 0.25) is 6.29 Å². The smallest absolute Gasteiger partial charge is 0.315 e. The largest absolute Gasteiger partial charge is 0.432 e. The highest BCUT2D eigenvalue weighted by molar-refractivity contribution is 5.79. The van der Waals surface area contributed by atoms with E-state index in [-0.39, 0.29) is 40.6 Å². The van der Waals surface area contributed by atoms with Crippen molar-refractivity contribution in [1.29, 1.82) is 0 Å². The number of carbonyl (C=O) groups is 1. The number of rotatable bonds is 17. The van der Waals surface area contributed by atoms with Gasteiger partial charge in [0, 0.05) is 0 Å². The van der Waals surface area contributed by atoms with Crippen LogP contribution in [-0.2, 0) is 71.1 Å². The van der Waals surface area contributed by atoms with Crippen molar-refractivity contribution in [3.8, 4) is 0 Å². The highest BCUT2D eigenvalue weighted by atomic mass is 16.8. The zero-order chi connectivity index (χ0) is 75.7. The maximum atomic E-state index is 15.4. The fraction of sp³-hybridized carbons (Fsp3) is 0.957. The summed E-state index contributed by atoms with van der Waals surface area (Å²) < 4.78 is 83.2. The predicted molar refractivity (Wildman–Crippen MR) is 346 cm³/mol. The van der Waals surface area contributed by atoms with Crippen molar-refractivity contribution < 1.29 is 168 Å². The highest BCUT2D eigenvalue weighted by Crippen LogP contribution is 2.76. The Kier molecular flexibility index (Phi) is 24.1. The summed E-state index contributed by atoms with van der Waals surface area (Å²) in [6, 6.07) is 0. The normalized spacial score (nSPS) is 54.7. The third-order valence-corrected chi connectivity index (χ3v) is 26.9. The Bertz CT molecular complexity index is 2950. The van der Waals surface area contributed by atoms with Gasteiger partial charge in [-0.3, -0.25) is 4.79 Å². The Morgan fingerprint density at radius 3 is 1.68 bits per heavy atom. The zero-order valence-electron chi connectivity index (χ0n) is 60.2. The van der Waals surface area contributed by atoms with Crippen molar-refractivity contribution in [1.82, 2.24) is 0 Å². The molecule has 0 amide bonds. The second-order valence-corrected chi connectivity index (χ2v) is 33.8. The number of aliphatic hydroxyl groups is 19. The van der Waals surface area contributed by atoms with Crippen molar-refractivity contribution in [3.63, 3.8) is 0 Å². The maximum Gasteiger partial charge on any atom is 0.315 e. The molecule has 4 saturated carbocycles. The average molecular weight is 1500 g/mol. The first kappa shape index (κ1) is 81.4. The van der Waals surface area contributed by atoms with E-state index in [1.165, 1.54) is 19.4 Å². The summed E-state index contributed by atoms with van der Waals surface area (Å²) in [5.41, 5.74) is -1.63. The summed E-state index contributed by atoms with van der Waals surface area (Å²) in [6.07, 6.45) is -45.9. The van der Waals surface area contributed by atoms with Gasteiger partial charge in [0.1, 0.15) is 146 Å². The second-order valence-electron chi connectivity index (χ2n) is 33.8. The molecule has 0 radical (unpaired) electrons. The van der Waals surface area contributed by atoms with Gasteiger partial charge in [0.15, 0.2) is 37.7 Å². The lowest BCUT2D eigenvalue weighted by Gasteiger charge is -2.71. The zero-order valence-corrected chi connectivity index (χ0v) is 60.2. The summed E-state index contributed by atoms with van der Waals surface area (Å²) in [7, 11) is 0. The molecule has 0 aromatic rings. The lowest BCUT2D eigenvalue weighted by atomic mass is 9.33. The van der Waals surface area contributed by atoms with Gasteiger partial charge in [0.25, 0.3) is 0 Å². The van der Waals surface area contributed by atoms with Crippen molar-refractivity contribution in [2.24, 2.45) is 50.2 Å². The number of aliphatic hydroxyl groups excluding tert-OH is 19. The molecule has 34 nitrogen and oxygen atoms in total. The summed E-state index contributed by atoms with van der Waals surface area (Å²) in [4.78, 5) is 15.4. The van der Waals surface area contributed by atoms with Crippen LogP contribution in [0.3, 0.4) is 0 Å². The van der Waals surface area contributed by atoms with Crippen LogP contribution in [0.15, 0.2) is 11.6 Å². The van der Waals surface area contributed by atoms with Crippen molar-refractivity contribution >= 4 is 5.97 Å². The molecule has 0 bridgehead atoms. The van der Waals surface area contributed by atoms with Crippen LogP contribution in [-0.4, -0.2) is 345 Å². The van der Waals surface area contributed by atoms with Crippen molar-refractivity contribution in [2.75, 3.05) is 33.0 Å². The Morgan fingerprint density at radius 2 is 1.01 bits per heavy atom. The van der Waals surface area contributed by atoms with Gasteiger partial charge in [0.05, 0.1) is 56.8 Å². The van der Waals surface area contributed by atoms with E-state index >= 15 is 4.79 Å². The molecule has 12 aliphatic rings. The van der Waals surface area contributed by atoms with E-state index in [0.29, 0.717) is 44.9 Å². The van der Waals surface area contributed by atoms with Crippen LogP contribution in [0.1, 0.15) is 127 Å². The van der Waals surface area contributed by atoms with Gasteiger partial charge in [-0.1, -0.05) is 60.1 Å². The van der Waals surface area contributed by atoms with Crippen LogP contribution in [0.25, 0.3) is 0 Å². The summed E-state index contributed by atoms with van der Waals surface area (Å²) in [6.45, 7) is 15.6. The average Bonchev–Trinajstić information content (AvgIpc) is 0.675. The monoisotopic (exact) mass is 1500 g/mol. The number of ether oxygens (including phenoxy) is 14. The number of fused-ring (bicyclic) bond motifs is 7. The minimum Gasteiger partial charge on any atom is -0.432 e. The molecule has 7 saturated heterocycles. The van der Waals surface area contributed by atoms with Crippen molar-refractivity contribution in [2.45, 2.75) is 335 Å². The molecule has 0 aromatic carbocycles. The third-order valence-electron chi connectivity index (χ3n) is 26.9. The highest BCUT2D eigenvalue weighted by Gasteiger charge is 2.71. The predicted octanol–water partition coefficient (Wildman–Crippen LogP) is -5.23. The van der Waals surface area contributed by atoms with E-state index < -0.39 is 257 Å². The fourth-order valence-corrected chi connectivity index (χ4v) is 20.2. The topological polar surface area (TPSA) is 531 Å². The molecule has 5 aliphatic carbocycles. The minimum atomic E-state index is -1.92. The van der Waals surface area contributed by atoms with E-state index in [1.54, 1.807) is 0 Å². The summed E-state index contributed by atoms with van der Waals surface area (Å²) >= 11 is 0. The molecule has 1 unspecified atom stereocenters. The lowest BCUT2D eigenvalue weighted by Crippen LogP contribution is -2.66. The molecule has 11 fully saturated rings. The number of hydrogen-bond donors (Lipinski definition) is 19. The lowest BCUT2D eigenvalue weighted by molar-refractivity contribution is -0.382. The van der Waals surface area contributed by atoms with Crippen LogP contribution < -0.4 is 0 Å². The molecule has 7 heterocycles. The van der Waals surface area contributed by atoms with E-state index in [0.717, 1.165) is 19.3 Å². The van der Waals surface area contributed by atoms with Gasteiger partial charge >= 0.3 is 5.97 Å². The fourth-order valence-electron chi connectivity index (χ4n) is 20.2. The van der Waals surface area contributed by atoms with Gasteiger partial charge in [-0.05, 0) is 123 Å². The van der Waals surface area contributed by atoms with E-state index in [4.69, 9.17) is 66.3 Å². The Morgan fingerprint density at radius 1 is 0.462 bits per heavy atom. The molecular weight excluding hydrogens is 1380 g/mol. The number of esters is 1. The molecule has 104 heavy (non-hydrogen) atoms. The molecule has 12 rings (SSSR count). The van der Waals surface area contributed by atoms with E-state index in [9.17, 15) is 97.0 Å². The molecule has 19 N–H and O–H groups in total.